The van der Waals surface area contributed by atoms with Gasteiger partial charge in [0.15, 0.2) is 5.75 Å². The van der Waals surface area contributed by atoms with Gasteiger partial charge >= 0.3 is 5.97 Å². The molecule has 0 saturated heterocycles. The standard InChI is InChI=1S/C18H20N2O5S.C2H6/c1-2-3-4-5-8-11-25-17-15(20-9-6-7-10-20)12-14(18(21)22)13-16(17)26(19,23)24;1-2/h3-10,12-13H,2,11H2,1H3,(H,21,22)(H2,19,23,24);1-2H3/b4-3-,8-5-;. The Morgan fingerprint density at radius 1 is 1.18 bits per heavy atom. The van der Waals surface area contributed by atoms with E-state index in [9.17, 15) is 18.3 Å². The van der Waals surface area contributed by atoms with E-state index in [4.69, 9.17) is 9.88 Å². The predicted octanol–water partition coefficient (Wildman–Crippen LogP) is 3.75. The molecule has 0 fully saturated rings. The lowest BCUT2D eigenvalue weighted by molar-refractivity contribution is 0.0696. The summed E-state index contributed by atoms with van der Waals surface area (Å²) < 4.78 is 31.2. The predicted molar refractivity (Wildman–Crippen MR) is 110 cm³/mol. The smallest absolute Gasteiger partial charge is 0.335 e. The average Bonchev–Trinajstić information content (AvgIpc) is 3.19. The SMILES string of the molecule is CC.CC/C=C\C=C/COc1c(-n2cccc2)cc(C(=O)O)cc1S(N)(=O)=O. The summed E-state index contributed by atoms with van der Waals surface area (Å²) in [5, 5.41) is 14.6. The maximum atomic E-state index is 12.0. The Kier molecular flexibility index (Phi) is 9.20. The summed E-state index contributed by atoms with van der Waals surface area (Å²) in [5.74, 6) is -1.27. The van der Waals surface area contributed by atoms with Crippen LogP contribution in [0.15, 0.2) is 65.9 Å². The minimum absolute atomic E-state index is 0.00202. The first-order chi connectivity index (χ1) is 13.3. The van der Waals surface area contributed by atoms with Crippen LogP contribution in [0.4, 0.5) is 0 Å². The summed E-state index contributed by atoms with van der Waals surface area (Å²) >= 11 is 0. The van der Waals surface area contributed by atoms with Crippen LogP contribution in [-0.4, -0.2) is 30.7 Å². The number of allylic oxidation sites excluding steroid dienone is 3. The van der Waals surface area contributed by atoms with Crippen LogP contribution in [-0.2, 0) is 10.0 Å². The number of nitrogens with zero attached hydrogens (tertiary/aromatic N) is 1. The second-order valence-electron chi connectivity index (χ2n) is 5.34. The highest BCUT2D eigenvalue weighted by Crippen LogP contribution is 2.32. The Balaban J connectivity index is 0.00000190. The quantitative estimate of drug-likeness (QED) is 0.649. The van der Waals surface area contributed by atoms with Crippen molar-refractivity contribution in [1.29, 1.82) is 0 Å². The van der Waals surface area contributed by atoms with Crippen LogP contribution >= 0.6 is 0 Å². The number of carboxylic acids is 1. The van der Waals surface area contributed by atoms with Crippen LogP contribution < -0.4 is 9.88 Å². The fourth-order valence-corrected chi connectivity index (χ4v) is 2.95. The van der Waals surface area contributed by atoms with Crippen LogP contribution in [0.25, 0.3) is 5.69 Å². The van der Waals surface area contributed by atoms with Crippen molar-refractivity contribution in [2.75, 3.05) is 6.61 Å². The Bertz CT molecular complexity index is 930. The summed E-state index contributed by atoms with van der Waals surface area (Å²) in [4.78, 5) is 11.0. The highest BCUT2D eigenvalue weighted by atomic mass is 32.2. The van der Waals surface area contributed by atoms with Crippen molar-refractivity contribution in [2.45, 2.75) is 32.1 Å². The molecule has 0 bridgehead atoms. The van der Waals surface area contributed by atoms with E-state index >= 15 is 0 Å². The van der Waals surface area contributed by atoms with Crippen molar-refractivity contribution < 1.29 is 23.1 Å². The molecule has 0 radical (unpaired) electrons. The Morgan fingerprint density at radius 3 is 2.32 bits per heavy atom. The zero-order valence-electron chi connectivity index (χ0n) is 16.2. The second-order valence-corrected chi connectivity index (χ2v) is 6.87. The third-order valence-corrected chi connectivity index (χ3v) is 4.33. The first-order valence-electron chi connectivity index (χ1n) is 8.86. The first kappa shape index (κ1) is 23.2. The molecular weight excluding hydrogens is 380 g/mol. The number of carbonyl (C=O) groups is 1. The van der Waals surface area contributed by atoms with Gasteiger partial charge in [-0.1, -0.05) is 39.0 Å². The first-order valence-corrected chi connectivity index (χ1v) is 10.4. The van der Waals surface area contributed by atoms with Crippen molar-refractivity contribution in [1.82, 2.24) is 4.57 Å². The zero-order chi connectivity index (χ0) is 21.2. The minimum atomic E-state index is -4.19. The maximum absolute atomic E-state index is 12.0. The number of carboxylic acid groups (broad SMARTS) is 1. The van der Waals surface area contributed by atoms with Crippen molar-refractivity contribution in [3.63, 3.8) is 0 Å². The highest BCUT2D eigenvalue weighted by molar-refractivity contribution is 7.89. The van der Waals surface area contributed by atoms with Gasteiger partial charge in [0.2, 0.25) is 10.0 Å². The molecule has 28 heavy (non-hydrogen) atoms. The molecule has 0 aliphatic carbocycles. The fraction of sp³-hybridized carbons (Fsp3) is 0.250. The molecule has 0 spiro atoms. The molecule has 0 aliphatic heterocycles. The summed E-state index contributed by atoms with van der Waals surface area (Å²) in [7, 11) is -4.19. The maximum Gasteiger partial charge on any atom is 0.335 e. The normalized spacial score (nSPS) is 11.4. The van der Waals surface area contributed by atoms with E-state index in [1.54, 1.807) is 41.2 Å². The number of benzene rings is 1. The van der Waals surface area contributed by atoms with E-state index in [1.165, 1.54) is 6.07 Å². The third-order valence-electron chi connectivity index (χ3n) is 3.41. The molecule has 2 rings (SSSR count). The highest BCUT2D eigenvalue weighted by Gasteiger charge is 2.23. The van der Waals surface area contributed by atoms with E-state index < -0.39 is 16.0 Å². The number of nitrogens with two attached hydrogens (primary N) is 1. The molecule has 8 heteroatoms. The molecule has 3 N–H and O–H groups in total. The molecule has 0 saturated carbocycles. The number of primary sulfonamides is 1. The number of ether oxygens (including phenoxy) is 1. The Labute approximate surface area is 165 Å². The van der Waals surface area contributed by atoms with Gasteiger partial charge in [0.25, 0.3) is 0 Å². The van der Waals surface area contributed by atoms with Crippen LogP contribution in [0.3, 0.4) is 0 Å². The number of sulfonamides is 1. The molecular formula is C20H26N2O5S. The monoisotopic (exact) mass is 406 g/mol. The van der Waals surface area contributed by atoms with Crippen LogP contribution in [0.5, 0.6) is 5.75 Å². The van der Waals surface area contributed by atoms with Crippen LogP contribution in [0.1, 0.15) is 37.6 Å². The second kappa shape index (κ2) is 11.1. The zero-order valence-corrected chi connectivity index (χ0v) is 17.0. The summed E-state index contributed by atoms with van der Waals surface area (Å²) in [6.45, 7) is 6.10. The Hall–Kier alpha value is -2.84. The number of rotatable bonds is 8. The van der Waals surface area contributed by atoms with Crippen molar-refractivity contribution >= 4 is 16.0 Å². The fourth-order valence-electron chi connectivity index (χ4n) is 2.23. The number of aromatic nitrogens is 1. The van der Waals surface area contributed by atoms with Gasteiger partial charge in [0.1, 0.15) is 11.5 Å². The van der Waals surface area contributed by atoms with E-state index in [1.807, 2.05) is 32.9 Å². The van der Waals surface area contributed by atoms with Gasteiger partial charge in [-0.2, -0.15) is 0 Å². The molecule has 2 aromatic rings. The van der Waals surface area contributed by atoms with Gasteiger partial charge in [0.05, 0.1) is 11.3 Å². The molecule has 0 amide bonds. The summed E-state index contributed by atoms with van der Waals surface area (Å²) in [6.07, 6.45) is 11.5. The van der Waals surface area contributed by atoms with E-state index in [-0.39, 0.29) is 28.5 Å². The van der Waals surface area contributed by atoms with Crippen molar-refractivity contribution in [3.8, 4) is 11.4 Å². The largest absolute Gasteiger partial charge is 0.486 e. The molecule has 0 aliphatic rings. The molecule has 1 heterocycles. The van der Waals surface area contributed by atoms with Crippen molar-refractivity contribution in [2.24, 2.45) is 5.14 Å². The number of aromatic carboxylic acids is 1. The minimum Gasteiger partial charge on any atom is -0.486 e. The van der Waals surface area contributed by atoms with Crippen LogP contribution in [0.2, 0.25) is 0 Å². The van der Waals surface area contributed by atoms with Gasteiger partial charge in [0, 0.05) is 12.4 Å². The molecule has 0 unspecified atom stereocenters. The lowest BCUT2D eigenvalue weighted by atomic mass is 10.2. The van der Waals surface area contributed by atoms with E-state index in [0.29, 0.717) is 0 Å². The summed E-state index contributed by atoms with van der Waals surface area (Å²) in [5.41, 5.74) is 0.0721. The molecule has 1 aromatic heterocycles. The van der Waals surface area contributed by atoms with Gasteiger partial charge < -0.3 is 14.4 Å². The van der Waals surface area contributed by atoms with E-state index in [2.05, 4.69) is 0 Å². The van der Waals surface area contributed by atoms with Crippen molar-refractivity contribution in [3.05, 3.63) is 66.5 Å². The lowest BCUT2D eigenvalue weighted by Gasteiger charge is -2.16. The van der Waals surface area contributed by atoms with Gasteiger partial charge in [-0.05, 0) is 36.8 Å². The molecule has 0 atom stereocenters. The molecule has 1 aromatic carbocycles. The lowest BCUT2D eigenvalue weighted by Crippen LogP contribution is -2.17. The molecule has 7 nitrogen and oxygen atoms in total. The van der Waals surface area contributed by atoms with Crippen LogP contribution in [0, 0.1) is 0 Å². The molecule has 152 valence electrons. The topological polar surface area (TPSA) is 112 Å². The third kappa shape index (κ3) is 6.40. The van der Waals surface area contributed by atoms with Gasteiger partial charge in [-0.25, -0.2) is 18.4 Å². The average molecular weight is 407 g/mol. The van der Waals surface area contributed by atoms with Gasteiger partial charge in [-0.3, -0.25) is 0 Å². The van der Waals surface area contributed by atoms with E-state index in [0.717, 1.165) is 12.5 Å². The number of hydrogen-bond donors (Lipinski definition) is 2. The Morgan fingerprint density at radius 2 is 1.79 bits per heavy atom. The number of hydrogen-bond acceptors (Lipinski definition) is 4. The van der Waals surface area contributed by atoms with Gasteiger partial charge in [-0.15, -0.1) is 0 Å². The summed E-state index contributed by atoms with van der Waals surface area (Å²) in [6, 6.07) is 5.79.